The van der Waals surface area contributed by atoms with E-state index < -0.39 is 5.41 Å². The summed E-state index contributed by atoms with van der Waals surface area (Å²) in [5.41, 5.74) is 25.1. The number of hydrogen-bond donors (Lipinski definition) is 0. The molecule has 4 heterocycles. The molecule has 0 saturated heterocycles. The second kappa shape index (κ2) is 9.95. The van der Waals surface area contributed by atoms with Gasteiger partial charge in [-0.05, 0) is 130 Å². The Morgan fingerprint density at radius 3 is 1.97 bits per heavy atom. The summed E-state index contributed by atoms with van der Waals surface area (Å²) in [7, 11) is 0. The van der Waals surface area contributed by atoms with Gasteiger partial charge in [0.2, 0.25) is 0 Å². The van der Waals surface area contributed by atoms with Gasteiger partial charge in [0.25, 0.3) is 0 Å². The molecule has 3 heteroatoms. The van der Waals surface area contributed by atoms with Crippen LogP contribution in [-0.4, -0.2) is 6.85 Å². The molecule has 0 radical (unpaired) electrons. The second-order valence-electron chi connectivity index (χ2n) is 17.7. The number of furan rings is 1. The minimum absolute atomic E-state index is 0.0255. The highest BCUT2D eigenvalue weighted by Crippen LogP contribution is 2.73. The van der Waals surface area contributed by atoms with Gasteiger partial charge in [0.1, 0.15) is 11.2 Å². The fourth-order valence-electron chi connectivity index (χ4n) is 13.5. The maximum Gasteiger partial charge on any atom is 0.329 e. The summed E-state index contributed by atoms with van der Waals surface area (Å²) in [5, 5.41) is 5.08. The lowest BCUT2D eigenvalue weighted by atomic mass is 9.42. The Labute approximate surface area is 341 Å². The summed E-state index contributed by atoms with van der Waals surface area (Å²) in [6.07, 6.45) is 0. The summed E-state index contributed by atoms with van der Waals surface area (Å²) in [5.74, 6) is 1.19. The average molecular weight is 746 g/mol. The standard InChI is InChI=1S/C56H32BNO/c1-2-14-31-28-38-37(27-30(31)13-1)34-18-12-24-44-48(34)53-50(38)51(53)39-29-47-49(35-17-5-10-26-46(35)59-47)52-36-19-11-23-43-55(36)58(57(44)54(39)52)45-25-9-8-22-42(45)56(43)40-20-6-3-15-32(40)33-16-4-7-21-41(33)56/h1-29,50-51,53H. The molecule has 3 aliphatic heterocycles. The van der Waals surface area contributed by atoms with Crippen molar-refractivity contribution in [3.8, 4) is 33.4 Å². The molecule has 0 bridgehead atoms. The number of benzene rings is 9. The van der Waals surface area contributed by atoms with Crippen molar-refractivity contribution in [2.45, 2.75) is 23.2 Å². The molecule has 3 unspecified atom stereocenters. The van der Waals surface area contributed by atoms with E-state index in [1.807, 2.05) is 0 Å². The zero-order valence-corrected chi connectivity index (χ0v) is 31.9. The third-order valence-electron chi connectivity index (χ3n) is 15.5. The van der Waals surface area contributed by atoms with Gasteiger partial charge in [-0.2, -0.15) is 0 Å². The number of para-hydroxylation sites is 3. The van der Waals surface area contributed by atoms with Crippen molar-refractivity contribution in [2.24, 2.45) is 0 Å². The third kappa shape index (κ3) is 3.24. The lowest BCUT2D eigenvalue weighted by molar-refractivity contribution is 0.668. The predicted octanol–water partition coefficient (Wildman–Crippen LogP) is 12.3. The maximum absolute atomic E-state index is 6.96. The Morgan fingerprint density at radius 2 is 1.12 bits per heavy atom. The molecule has 0 N–H and O–H groups in total. The van der Waals surface area contributed by atoms with Crippen molar-refractivity contribution >= 4 is 61.9 Å². The topological polar surface area (TPSA) is 16.4 Å². The Kier molecular flexibility index (Phi) is 5.07. The molecule has 1 spiro atoms. The van der Waals surface area contributed by atoms with Crippen LogP contribution in [0.5, 0.6) is 0 Å². The molecule has 1 aromatic heterocycles. The molecule has 16 rings (SSSR count). The highest BCUT2D eigenvalue weighted by molar-refractivity contribution is 6.92. The fraction of sp³-hybridized carbons (Fsp3) is 0.0714. The molecular formula is C56H32BNO. The van der Waals surface area contributed by atoms with Crippen molar-refractivity contribution in [1.82, 2.24) is 0 Å². The van der Waals surface area contributed by atoms with E-state index in [-0.39, 0.29) is 6.85 Å². The molecule has 9 aromatic carbocycles. The number of fused-ring (bicyclic) bond motifs is 22. The van der Waals surface area contributed by atoms with Crippen LogP contribution in [0.4, 0.5) is 11.4 Å². The van der Waals surface area contributed by atoms with E-state index in [4.69, 9.17) is 4.42 Å². The largest absolute Gasteiger partial charge is 0.456 e. The summed E-state index contributed by atoms with van der Waals surface area (Å²) < 4.78 is 6.96. The van der Waals surface area contributed by atoms with Gasteiger partial charge in [-0.3, -0.25) is 0 Å². The zero-order valence-electron chi connectivity index (χ0n) is 31.9. The van der Waals surface area contributed by atoms with Crippen LogP contribution in [0.25, 0.3) is 66.1 Å². The Balaban J connectivity index is 1.10. The number of rotatable bonds is 0. The third-order valence-corrected chi connectivity index (χ3v) is 15.5. The summed E-state index contributed by atoms with van der Waals surface area (Å²) in [6, 6.07) is 67.3. The molecule has 1 saturated carbocycles. The first-order valence-electron chi connectivity index (χ1n) is 21.2. The Morgan fingerprint density at radius 1 is 0.475 bits per heavy atom. The smallest absolute Gasteiger partial charge is 0.329 e. The van der Waals surface area contributed by atoms with Gasteiger partial charge in [-0.1, -0.05) is 152 Å². The first-order valence-corrected chi connectivity index (χ1v) is 21.2. The normalized spacial score (nSPS) is 19.4. The number of hydrogen-bond acceptors (Lipinski definition) is 2. The van der Waals surface area contributed by atoms with E-state index in [1.54, 1.807) is 5.56 Å². The van der Waals surface area contributed by atoms with Crippen LogP contribution < -0.4 is 15.7 Å². The van der Waals surface area contributed by atoms with Gasteiger partial charge in [0, 0.05) is 27.7 Å². The number of nitrogens with zero attached hydrogens (tertiary/aromatic N) is 1. The summed E-state index contributed by atoms with van der Waals surface area (Å²) in [6.45, 7) is -0.0255. The van der Waals surface area contributed by atoms with Crippen molar-refractivity contribution in [1.29, 1.82) is 0 Å². The van der Waals surface area contributed by atoms with Gasteiger partial charge in [-0.25, -0.2) is 0 Å². The van der Waals surface area contributed by atoms with Crippen molar-refractivity contribution < 1.29 is 4.42 Å². The molecule has 2 nitrogen and oxygen atoms in total. The van der Waals surface area contributed by atoms with Crippen LogP contribution in [0.15, 0.2) is 180 Å². The molecule has 3 atom stereocenters. The Hall–Kier alpha value is -7.10. The van der Waals surface area contributed by atoms with Crippen LogP contribution in [-0.2, 0) is 5.41 Å². The lowest BCUT2D eigenvalue weighted by Crippen LogP contribution is -2.61. The van der Waals surface area contributed by atoms with E-state index in [0.29, 0.717) is 17.8 Å². The van der Waals surface area contributed by atoms with E-state index in [9.17, 15) is 0 Å². The van der Waals surface area contributed by atoms with Crippen molar-refractivity contribution in [3.05, 3.63) is 215 Å². The fourth-order valence-corrected chi connectivity index (χ4v) is 13.5. The SMILES string of the molecule is c1ccc2c(c1)-c1ccccc1C21c2ccccc2N2B3c4cccc5c4C4C(c6cc7ccccc7cc6-5)C4c4cc5oc6ccccc6c5c(c43)-c3cccc1c32. The van der Waals surface area contributed by atoms with E-state index in [0.717, 1.165) is 11.2 Å². The van der Waals surface area contributed by atoms with Gasteiger partial charge in [0.05, 0.1) is 5.41 Å². The quantitative estimate of drug-likeness (QED) is 0.144. The van der Waals surface area contributed by atoms with Gasteiger partial charge < -0.3 is 9.23 Å². The van der Waals surface area contributed by atoms with E-state index in [2.05, 4.69) is 181 Å². The first kappa shape index (κ1) is 30.0. The monoisotopic (exact) mass is 745 g/mol. The zero-order chi connectivity index (χ0) is 37.9. The van der Waals surface area contributed by atoms with Crippen molar-refractivity contribution in [3.63, 3.8) is 0 Å². The predicted molar refractivity (Wildman–Crippen MR) is 241 cm³/mol. The van der Waals surface area contributed by atoms with Crippen molar-refractivity contribution in [2.75, 3.05) is 4.81 Å². The molecule has 3 aliphatic carbocycles. The number of anilines is 2. The minimum atomic E-state index is -0.480. The minimum Gasteiger partial charge on any atom is -0.456 e. The highest BCUT2D eigenvalue weighted by atomic mass is 16.3. The van der Waals surface area contributed by atoms with Crippen LogP contribution in [0.3, 0.4) is 0 Å². The Bertz CT molecular complexity index is 3580. The van der Waals surface area contributed by atoms with Crippen LogP contribution in [0, 0.1) is 0 Å². The molecule has 270 valence electrons. The van der Waals surface area contributed by atoms with Crippen LogP contribution >= 0.6 is 0 Å². The molecule has 1 fully saturated rings. The van der Waals surface area contributed by atoms with Gasteiger partial charge >= 0.3 is 6.85 Å². The van der Waals surface area contributed by atoms with Crippen LogP contribution in [0.1, 0.15) is 56.7 Å². The summed E-state index contributed by atoms with van der Waals surface area (Å²) >= 11 is 0. The molecule has 59 heavy (non-hydrogen) atoms. The first-order chi connectivity index (χ1) is 29.3. The van der Waals surface area contributed by atoms with E-state index >= 15 is 0 Å². The average Bonchev–Trinajstić information content (AvgIpc) is 3.86. The van der Waals surface area contributed by atoms with Crippen LogP contribution in [0.2, 0.25) is 0 Å². The molecule has 0 amide bonds. The molecule has 6 aliphatic rings. The molecule has 10 aromatic rings. The van der Waals surface area contributed by atoms with Gasteiger partial charge in [-0.15, -0.1) is 0 Å². The van der Waals surface area contributed by atoms with E-state index in [1.165, 1.54) is 111 Å². The second-order valence-corrected chi connectivity index (χ2v) is 17.7. The lowest BCUT2D eigenvalue weighted by Gasteiger charge is -2.50. The molecular weight excluding hydrogens is 713 g/mol. The highest BCUT2D eigenvalue weighted by Gasteiger charge is 2.63. The summed E-state index contributed by atoms with van der Waals surface area (Å²) in [4.78, 5) is 2.79. The maximum atomic E-state index is 6.96. The van der Waals surface area contributed by atoms with Gasteiger partial charge in [0.15, 0.2) is 0 Å².